The summed E-state index contributed by atoms with van der Waals surface area (Å²) in [6.07, 6.45) is 0.414. The van der Waals surface area contributed by atoms with Crippen LogP contribution in [0.1, 0.15) is 13.3 Å². The van der Waals surface area contributed by atoms with E-state index in [1.54, 1.807) is 17.9 Å². The minimum Gasteiger partial charge on any atom is -0.482 e. The van der Waals surface area contributed by atoms with Crippen molar-refractivity contribution < 1.29 is 22.7 Å². The highest BCUT2D eigenvalue weighted by molar-refractivity contribution is 7.89. The van der Waals surface area contributed by atoms with E-state index in [0.717, 1.165) is 0 Å². The Morgan fingerprint density at radius 2 is 1.96 bits per heavy atom. The van der Waals surface area contributed by atoms with E-state index in [1.807, 2.05) is 0 Å². The number of carbonyl (C=O) groups is 2. The fourth-order valence-electron chi connectivity index (χ4n) is 2.77. The van der Waals surface area contributed by atoms with Gasteiger partial charge in [-0.05, 0) is 18.2 Å². The predicted octanol–water partition coefficient (Wildman–Crippen LogP) is 0.260. The van der Waals surface area contributed by atoms with Crippen molar-refractivity contribution >= 4 is 27.5 Å². The number of amides is 2. The summed E-state index contributed by atoms with van der Waals surface area (Å²) in [6.45, 7) is 3.00. The number of carbonyl (C=O) groups excluding carboxylic acids is 2. The molecule has 8 nitrogen and oxygen atoms in total. The number of rotatable bonds is 3. The molecule has 1 saturated heterocycles. The first-order valence-electron chi connectivity index (χ1n) is 7.76. The summed E-state index contributed by atoms with van der Waals surface area (Å²) < 4.78 is 32.1. The maximum Gasteiger partial charge on any atom is 0.262 e. The number of hydrogen-bond acceptors (Lipinski definition) is 5. The van der Waals surface area contributed by atoms with E-state index in [0.29, 0.717) is 30.9 Å². The van der Waals surface area contributed by atoms with E-state index in [-0.39, 0.29) is 36.4 Å². The summed E-state index contributed by atoms with van der Waals surface area (Å²) in [6, 6.07) is 4.42. The molecule has 0 aromatic heterocycles. The lowest BCUT2D eigenvalue weighted by Gasteiger charge is -2.34. The van der Waals surface area contributed by atoms with Crippen molar-refractivity contribution in [3.8, 4) is 5.75 Å². The van der Waals surface area contributed by atoms with Crippen LogP contribution in [0.3, 0.4) is 0 Å². The average molecular weight is 353 g/mol. The molecular weight excluding hydrogens is 334 g/mol. The minimum absolute atomic E-state index is 0.0284. The van der Waals surface area contributed by atoms with Crippen molar-refractivity contribution in [2.24, 2.45) is 0 Å². The molecule has 0 saturated carbocycles. The minimum atomic E-state index is -3.68. The zero-order chi connectivity index (χ0) is 17.3. The van der Waals surface area contributed by atoms with Crippen molar-refractivity contribution in [3.05, 3.63) is 18.2 Å². The van der Waals surface area contributed by atoms with Crippen LogP contribution < -0.4 is 10.1 Å². The van der Waals surface area contributed by atoms with Gasteiger partial charge in [-0.15, -0.1) is 0 Å². The Morgan fingerprint density at radius 3 is 2.62 bits per heavy atom. The highest BCUT2D eigenvalue weighted by Crippen LogP contribution is 2.31. The highest BCUT2D eigenvalue weighted by atomic mass is 32.2. The second kappa shape index (κ2) is 6.40. The van der Waals surface area contributed by atoms with Crippen LogP contribution in [0.4, 0.5) is 5.69 Å². The van der Waals surface area contributed by atoms with Crippen molar-refractivity contribution in [2.45, 2.75) is 18.2 Å². The van der Waals surface area contributed by atoms with Crippen LogP contribution >= 0.6 is 0 Å². The maximum absolute atomic E-state index is 12.8. The first kappa shape index (κ1) is 16.7. The third-order valence-corrected chi connectivity index (χ3v) is 6.01. The average Bonchev–Trinajstić information content (AvgIpc) is 2.60. The van der Waals surface area contributed by atoms with Crippen molar-refractivity contribution in [1.82, 2.24) is 9.21 Å². The van der Waals surface area contributed by atoms with E-state index < -0.39 is 10.0 Å². The van der Waals surface area contributed by atoms with Crippen LogP contribution in [0, 0.1) is 0 Å². The topological polar surface area (TPSA) is 96.0 Å². The SMILES string of the molecule is CCC(=O)N1CCN(S(=O)(=O)c2ccc3c(c2)NC(=O)CO3)CC1. The van der Waals surface area contributed by atoms with Gasteiger partial charge in [0.15, 0.2) is 6.61 Å². The molecule has 2 amide bonds. The molecule has 1 aromatic rings. The first-order valence-corrected chi connectivity index (χ1v) is 9.20. The summed E-state index contributed by atoms with van der Waals surface area (Å²) in [4.78, 5) is 24.8. The lowest BCUT2D eigenvalue weighted by molar-refractivity contribution is -0.132. The van der Waals surface area contributed by atoms with Crippen molar-refractivity contribution in [2.75, 3.05) is 38.1 Å². The van der Waals surface area contributed by atoms with E-state index in [4.69, 9.17) is 4.74 Å². The largest absolute Gasteiger partial charge is 0.482 e. The van der Waals surface area contributed by atoms with Gasteiger partial charge in [-0.2, -0.15) is 4.31 Å². The maximum atomic E-state index is 12.8. The van der Waals surface area contributed by atoms with Crippen molar-refractivity contribution in [1.29, 1.82) is 0 Å². The molecule has 9 heteroatoms. The summed E-state index contributed by atoms with van der Waals surface area (Å²) in [7, 11) is -3.68. The number of ether oxygens (including phenoxy) is 1. The molecule has 130 valence electrons. The van der Waals surface area contributed by atoms with Crippen LogP contribution in [-0.4, -0.2) is 62.2 Å². The highest BCUT2D eigenvalue weighted by Gasteiger charge is 2.30. The summed E-state index contributed by atoms with van der Waals surface area (Å²) in [5.41, 5.74) is 0.354. The van der Waals surface area contributed by atoms with Crippen LogP contribution in [0.15, 0.2) is 23.1 Å². The van der Waals surface area contributed by atoms with Gasteiger partial charge in [0.05, 0.1) is 10.6 Å². The number of piperazine rings is 1. The number of nitrogens with one attached hydrogen (secondary N) is 1. The van der Waals surface area contributed by atoms with Gasteiger partial charge < -0.3 is 15.0 Å². The van der Waals surface area contributed by atoms with Gasteiger partial charge in [-0.3, -0.25) is 9.59 Å². The summed E-state index contributed by atoms with van der Waals surface area (Å²) >= 11 is 0. The molecule has 2 aliphatic heterocycles. The second-order valence-electron chi connectivity index (χ2n) is 5.63. The first-order chi connectivity index (χ1) is 11.4. The monoisotopic (exact) mass is 353 g/mol. The van der Waals surface area contributed by atoms with Gasteiger partial charge >= 0.3 is 0 Å². The zero-order valence-electron chi connectivity index (χ0n) is 13.3. The van der Waals surface area contributed by atoms with Crippen LogP contribution in [0.5, 0.6) is 5.75 Å². The lowest BCUT2D eigenvalue weighted by atomic mass is 10.2. The van der Waals surface area contributed by atoms with E-state index in [1.165, 1.54) is 16.4 Å². The Morgan fingerprint density at radius 1 is 1.25 bits per heavy atom. The molecule has 0 radical (unpaired) electrons. The molecule has 1 N–H and O–H groups in total. The second-order valence-corrected chi connectivity index (χ2v) is 7.57. The van der Waals surface area contributed by atoms with Gasteiger partial charge in [0.2, 0.25) is 15.9 Å². The van der Waals surface area contributed by atoms with Crippen LogP contribution in [-0.2, 0) is 19.6 Å². The number of benzene rings is 1. The summed E-state index contributed by atoms with van der Waals surface area (Å²) in [5, 5.41) is 2.61. The molecule has 3 rings (SSSR count). The third-order valence-electron chi connectivity index (χ3n) is 4.12. The lowest BCUT2D eigenvalue weighted by Crippen LogP contribution is -2.50. The molecule has 24 heavy (non-hydrogen) atoms. The fourth-order valence-corrected chi connectivity index (χ4v) is 4.22. The van der Waals surface area contributed by atoms with E-state index in [9.17, 15) is 18.0 Å². The molecule has 0 aliphatic carbocycles. The standard InChI is InChI=1S/C15H19N3O5S/c1-2-15(20)17-5-7-18(8-6-17)24(21,22)11-3-4-13-12(9-11)16-14(19)10-23-13/h3-4,9H,2,5-8,10H2,1H3,(H,16,19). The van der Waals surface area contributed by atoms with Crippen LogP contribution in [0.2, 0.25) is 0 Å². The number of hydrogen-bond donors (Lipinski definition) is 1. The van der Waals surface area contributed by atoms with Gasteiger partial charge in [-0.1, -0.05) is 6.92 Å². The quantitative estimate of drug-likeness (QED) is 0.841. The number of anilines is 1. The van der Waals surface area contributed by atoms with E-state index >= 15 is 0 Å². The van der Waals surface area contributed by atoms with Gasteiger partial charge in [0.25, 0.3) is 5.91 Å². The Labute approximate surface area is 140 Å². The molecule has 0 spiro atoms. The Hall–Kier alpha value is -2.13. The Balaban J connectivity index is 1.78. The van der Waals surface area contributed by atoms with Gasteiger partial charge in [-0.25, -0.2) is 8.42 Å². The van der Waals surface area contributed by atoms with Crippen molar-refractivity contribution in [3.63, 3.8) is 0 Å². The van der Waals surface area contributed by atoms with Gasteiger partial charge in [0, 0.05) is 32.6 Å². The molecule has 0 bridgehead atoms. The fraction of sp³-hybridized carbons (Fsp3) is 0.467. The van der Waals surface area contributed by atoms with E-state index in [2.05, 4.69) is 5.32 Å². The Bertz CT molecular complexity index is 769. The molecule has 1 fully saturated rings. The Kier molecular flexibility index (Phi) is 4.46. The molecular formula is C15H19N3O5S. The molecule has 2 aliphatic rings. The number of nitrogens with zero attached hydrogens (tertiary/aromatic N) is 2. The number of sulfonamides is 1. The molecule has 0 unspecified atom stereocenters. The third kappa shape index (κ3) is 3.09. The smallest absolute Gasteiger partial charge is 0.262 e. The normalized spacial score (nSPS) is 18.5. The molecule has 2 heterocycles. The predicted molar refractivity (Wildman–Crippen MR) is 86.2 cm³/mol. The molecule has 0 atom stereocenters. The zero-order valence-corrected chi connectivity index (χ0v) is 14.1. The van der Waals surface area contributed by atoms with Crippen LogP contribution in [0.25, 0.3) is 0 Å². The molecule has 1 aromatic carbocycles. The summed E-state index contributed by atoms with van der Waals surface area (Å²) in [5.74, 6) is 0.163. The number of fused-ring (bicyclic) bond motifs is 1. The van der Waals surface area contributed by atoms with Gasteiger partial charge in [0.1, 0.15) is 5.75 Å².